The fourth-order valence-corrected chi connectivity index (χ4v) is 4.57. The lowest BCUT2D eigenvalue weighted by atomic mass is 10.1. The molecule has 5 rings (SSSR count). The first-order chi connectivity index (χ1) is 20.4. The molecule has 3 aromatic carbocycles. The van der Waals surface area contributed by atoms with E-state index in [1.807, 2.05) is 61.5 Å². The molecule has 8 nitrogen and oxygen atoms in total. The van der Waals surface area contributed by atoms with E-state index in [1.165, 1.54) is 23.2 Å². The summed E-state index contributed by atoms with van der Waals surface area (Å²) in [6.45, 7) is 6.81. The quantitative estimate of drug-likeness (QED) is 0.139. The molecule has 0 unspecified atom stereocenters. The first kappa shape index (κ1) is 28.3. The molecule has 1 amide bonds. The number of carbonyl (C=O) groups is 1. The summed E-state index contributed by atoms with van der Waals surface area (Å²) in [5.74, 6) is 2.08. The Morgan fingerprint density at radius 1 is 0.857 bits per heavy atom. The van der Waals surface area contributed by atoms with Gasteiger partial charge >= 0.3 is 5.91 Å². The molecule has 0 aliphatic rings. The summed E-state index contributed by atoms with van der Waals surface area (Å²) in [6.07, 6.45) is 1.53. The Morgan fingerprint density at radius 2 is 1.64 bits per heavy atom. The van der Waals surface area contributed by atoms with E-state index in [2.05, 4.69) is 47.1 Å². The number of hydrogen-bond acceptors (Lipinski definition) is 6. The van der Waals surface area contributed by atoms with Crippen LogP contribution in [0.3, 0.4) is 0 Å². The highest BCUT2D eigenvalue weighted by Gasteiger charge is 2.12. The van der Waals surface area contributed by atoms with Gasteiger partial charge in [-0.15, -0.1) is 0 Å². The largest absolute Gasteiger partial charge is 0.493 e. The third-order valence-electron chi connectivity index (χ3n) is 6.68. The normalized spacial score (nSPS) is 11.0. The van der Waals surface area contributed by atoms with E-state index in [-0.39, 0.29) is 12.4 Å². The number of rotatable bonds is 11. The second-order valence-corrected chi connectivity index (χ2v) is 9.89. The van der Waals surface area contributed by atoms with E-state index >= 15 is 0 Å². The maximum absolute atomic E-state index is 12.5. The van der Waals surface area contributed by atoms with Gasteiger partial charge in [0.2, 0.25) is 0 Å². The van der Waals surface area contributed by atoms with Crippen LogP contribution >= 0.6 is 0 Å². The molecule has 0 saturated heterocycles. The molecule has 0 radical (unpaired) electrons. The third-order valence-corrected chi connectivity index (χ3v) is 6.68. The predicted molar refractivity (Wildman–Crippen MR) is 162 cm³/mol. The van der Waals surface area contributed by atoms with Crippen LogP contribution in [0.2, 0.25) is 0 Å². The van der Waals surface area contributed by atoms with Gasteiger partial charge in [0, 0.05) is 17.1 Å². The lowest BCUT2D eigenvalue weighted by molar-refractivity contribution is 0.0923. The minimum absolute atomic E-state index is 0.136. The molecule has 0 spiro atoms. The molecular formula is C34H33N3O5. The SMILES string of the molecule is COc1cc(C=NNC(=O)c2ccc(COc3ccc(-n4c(C)ccc4C)cc3)o2)ccc1OCc1cccc(C)c1. The van der Waals surface area contributed by atoms with Crippen molar-refractivity contribution in [3.63, 3.8) is 0 Å². The van der Waals surface area contributed by atoms with Crippen LogP contribution in [0.15, 0.2) is 101 Å². The summed E-state index contributed by atoms with van der Waals surface area (Å²) < 4.78 is 25.1. The standard InChI is InChI=1S/C34H33N3O5/c1-23-6-5-7-27(18-23)21-41-31-16-10-26(19-33(31)39-4)20-35-36-34(38)32-17-15-30(42-32)22-40-29-13-11-28(12-14-29)37-24(2)8-9-25(37)3/h5-20H,21-22H2,1-4H3,(H,36,38). The van der Waals surface area contributed by atoms with E-state index in [1.54, 1.807) is 25.3 Å². The van der Waals surface area contributed by atoms with Gasteiger partial charge in [0.1, 0.15) is 24.7 Å². The summed E-state index contributed by atoms with van der Waals surface area (Å²) in [5, 5.41) is 4.06. The van der Waals surface area contributed by atoms with Crippen molar-refractivity contribution in [3.8, 4) is 22.9 Å². The van der Waals surface area contributed by atoms with Crippen molar-refractivity contribution in [2.24, 2.45) is 5.10 Å². The van der Waals surface area contributed by atoms with Crippen LogP contribution in [-0.4, -0.2) is 23.8 Å². The number of ether oxygens (including phenoxy) is 3. The second kappa shape index (κ2) is 13.0. The van der Waals surface area contributed by atoms with Crippen LogP contribution in [0.25, 0.3) is 5.69 Å². The van der Waals surface area contributed by atoms with Crippen molar-refractivity contribution in [1.29, 1.82) is 0 Å². The fraction of sp³-hybridized carbons (Fsp3) is 0.176. The van der Waals surface area contributed by atoms with Gasteiger partial charge in [-0.25, -0.2) is 5.43 Å². The first-order valence-electron chi connectivity index (χ1n) is 13.6. The minimum atomic E-state index is -0.468. The van der Waals surface area contributed by atoms with Gasteiger partial charge in [-0.2, -0.15) is 5.10 Å². The third kappa shape index (κ3) is 6.90. The first-order valence-corrected chi connectivity index (χ1v) is 13.6. The molecule has 2 heterocycles. The van der Waals surface area contributed by atoms with E-state index < -0.39 is 5.91 Å². The zero-order chi connectivity index (χ0) is 29.5. The number of hydrogen-bond donors (Lipinski definition) is 1. The van der Waals surface area contributed by atoms with E-state index in [0.717, 1.165) is 16.8 Å². The summed E-state index contributed by atoms with van der Waals surface area (Å²) in [4.78, 5) is 12.5. The molecule has 214 valence electrons. The average Bonchev–Trinajstić information content (AvgIpc) is 3.61. The monoisotopic (exact) mass is 563 g/mol. The van der Waals surface area contributed by atoms with Gasteiger partial charge < -0.3 is 23.2 Å². The molecule has 2 aromatic heterocycles. The number of nitrogens with one attached hydrogen (secondary N) is 1. The lowest BCUT2D eigenvalue weighted by Gasteiger charge is -2.11. The number of methoxy groups -OCH3 is 1. The number of benzene rings is 3. The van der Waals surface area contributed by atoms with Crippen LogP contribution in [-0.2, 0) is 13.2 Å². The molecule has 8 heteroatoms. The smallest absolute Gasteiger partial charge is 0.307 e. The molecule has 5 aromatic rings. The molecule has 0 aliphatic heterocycles. The molecule has 0 atom stereocenters. The Morgan fingerprint density at radius 3 is 2.38 bits per heavy atom. The van der Waals surface area contributed by atoms with E-state index in [4.69, 9.17) is 18.6 Å². The molecule has 0 fully saturated rings. The van der Waals surface area contributed by atoms with Crippen LogP contribution < -0.4 is 19.6 Å². The van der Waals surface area contributed by atoms with Gasteiger partial charge in [-0.05, 0) is 98.6 Å². The average molecular weight is 564 g/mol. The Hall–Kier alpha value is -5.24. The number of aromatic nitrogens is 1. The molecule has 0 aliphatic carbocycles. The van der Waals surface area contributed by atoms with Crippen molar-refractivity contribution in [1.82, 2.24) is 9.99 Å². The van der Waals surface area contributed by atoms with Gasteiger partial charge in [0.15, 0.2) is 17.3 Å². The van der Waals surface area contributed by atoms with Crippen molar-refractivity contribution >= 4 is 12.1 Å². The lowest BCUT2D eigenvalue weighted by Crippen LogP contribution is -2.16. The van der Waals surface area contributed by atoms with Crippen molar-refractivity contribution in [3.05, 3.63) is 131 Å². The second-order valence-electron chi connectivity index (χ2n) is 9.89. The summed E-state index contributed by atoms with van der Waals surface area (Å²) >= 11 is 0. The predicted octanol–water partition coefficient (Wildman–Crippen LogP) is 6.93. The highest BCUT2D eigenvalue weighted by Crippen LogP contribution is 2.28. The Balaban J connectivity index is 1.12. The minimum Gasteiger partial charge on any atom is -0.493 e. The number of nitrogens with zero attached hydrogens (tertiary/aromatic N) is 2. The fourth-order valence-electron chi connectivity index (χ4n) is 4.57. The van der Waals surface area contributed by atoms with Crippen molar-refractivity contribution < 1.29 is 23.4 Å². The summed E-state index contributed by atoms with van der Waals surface area (Å²) in [6, 6.07) is 28.9. The van der Waals surface area contributed by atoms with Gasteiger partial charge in [-0.1, -0.05) is 29.8 Å². The van der Waals surface area contributed by atoms with Gasteiger partial charge in [-0.3, -0.25) is 4.79 Å². The number of amides is 1. The van der Waals surface area contributed by atoms with E-state index in [0.29, 0.717) is 29.6 Å². The van der Waals surface area contributed by atoms with Crippen LogP contribution in [0.1, 0.15) is 44.4 Å². The number of aryl methyl sites for hydroxylation is 3. The maximum Gasteiger partial charge on any atom is 0.307 e. The van der Waals surface area contributed by atoms with Crippen molar-refractivity contribution in [2.45, 2.75) is 34.0 Å². The Kier molecular flexibility index (Phi) is 8.72. The molecule has 0 bridgehead atoms. The number of carbonyl (C=O) groups excluding carboxylic acids is 1. The van der Waals surface area contributed by atoms with E-state index in [9.17, 15) is 4.79 Å². The summed E-state index contributed by atoms with van der Waals surface area (Å²) in [7, 11) is 1.58. The highest BCUT2D eigenvalue weighted by molar-refractivity contribution is 5.92. The van der Waals surface area contributed by atoms with Gasteiger partial charge in [0.05, 0.1) is 13.3 Å². The molecule has 1 N–H and O–H groups in total. The topological polar surface area (TPSA) is 87.2 Å². The Bertz CT molecular complexity index is 1680. The zero-order valence-corrected chi connectivity index (χ0v) is 24.1. The Labute approximate surface area is 245 Å². The molecular weight excluding hydrogens is 530 g/mol. The van der Waals surface area contributed by atoms with Gasteiger partial charge in [0.25, 0.3) is 0 Å². The molecule has 42 heavy (non-hydrogen) atoms. The highest BCUT2D eigenvalue weighted by atomic mass is 16.5. The zero-order valence-electron chi connectivity index (χ0n) is 24.1. The number of furan rings is 1. The van der Waals surface area contributed by atoms with Crippen molar-refractivity contribution in [2.75, 3.05) is 7.11 Å². The number of hydrazone groups is 1. The molecule has 0 saturated carbocycles. The van der Waals surface area contributed by atoms with Crippen LogP contribution in [0.4, 0.5) is 0 Å². The van der Waals surface area contributed by atoms with Crippen LogP contribution in [0.5, 0.6) is 17.2 Å². The summed E-state index contributed by atoms with van der Waals surface area (Å²) in [5.41, 5.74) is 8.88. The maximum atomic E-state index is 12.5. The van der Waals surface area contributed by atoms with Crippen LogP contribution in [0, 0.1) is 20.8 Å².